The van der Waals surface area contributed by atoms with Gasteiger partial charge in [0.2, 0.25) is 0 Å². The van der Waals surface area contributed by atoms with Gasteiger partial charge in [-0.1, -0.05) is 218 Å². The molecule has 0 aliphatic heterocycles. The molecule has 0 saturated carbocycles. The Morgan fingerprint density at radius 1 is 0.254 bits per heavy atom. The molecule has 11 rings (SSSR count). The van der Waals surface area contributed by atoms with Crippen LogP contribution in [0.1, 0.15) is 5.48 Å². The Balaban J connectivity index is 1.00. The minimum absolute atomic E-state index is 0.102. The predicted octanol–water partition coefficient (Wildman–Crippen LogP) is 17.5. The SMILES string of the molecule is [2H]c1c([2H])c(N(c2ccc(-c3ccc(-c4ccccc4)cc3)cc2)c2ccc(-c3ccc4ccccc4c3-c3ccccc3)cc2)c([2H])c([2H])c1-c1ccc(-c2ccc3ccccc3c2)cc1. The normalized spacial score (nSPS) is 12.1. The lowest BCUT2D eigenvalue weighted by Crippen LogP contribution is -2.09. The van der Waals surface area contributed by atoms with Gasteiger partial charge in [0.05, 0.1) is 5.48 Å². The van der Waals surface area contributed by atoms with Crippen LogP contribution in [0.2, 0.25) is 0 Å². The minimum Gasteiger partial charge on any atom is -0.311 e. The van der Waals surface area contributed by atoms with Crippen LogP contribution in [0.4, 0.5) is 17.1 Å². The lowest BCUT2D eigenvalue weighted by molar-refractivity contribution is 1.28. The first kappa shape index (κ1) is 33.5. The summed E-state index contributed by atoms with van der Waals surface area (Å²) in [6.07, 6.45) is 0. The van der Waals surface area contributed by atoms with E-state index in [1.54, 1.807) is 0 Å². The van der Waals surface area contributed by atoms with E-state index in [1.807, 2.05) is 89.8 Å². The molecule has 0 spiro atoms. The van der Waals surface area contributed by atoms with E-state index in [4.69, 9.17) is 0 Å². The van der Waals surface area contributed by atoms with Gasteiger partial charge < -0.3 is 4.90 Å². The Bertz CT molecular complexity index is 3540. The highest BCUT2D eigenvalue weighted by Gasteiger charge is 2.16. The Kier molecular flexibility index (Phi) is 8.84. The molecule has 0 radical (unpaired) electrons. The average Bonchev–Trinajstić information content (AvgIpc) is 3.40. The first-order valence-corrected chi connectivity index (χ1v) is 21.3. The molecule has 1 nitrogen and oxygen atoms in total. The van der Waals surface area contributed by atoms with Gasteiger partial charge in [-0.05, 0) is 131 Å². The second-order valence-electron chi connectivity index (χ2n) is 15.8. The molecule has 0 aliphatic rings. The molecule has 0 heterocycles. The number of benzene rings is 11. The molecular weight excluding hydrogens is 759 g/mol. The predicted molar refractivity (Wildman–Crippen MR) is 269 cm³/mol. The van der Waals surface area contributed by atoms with Crippen LogP contribution in [0.25, 0.3) is 88.3 Å². The monoisotopic (exact) mass is 805 g/mol. The highest BCUT2D eigenvalue weighted by atomic mass is 15.1. The summed E-state index contributed by atoms with van der Waals surface area (Å²) in [6, 6.07) is 80.4. The van der Waals surface area contributed by atoms with Crippen molar-refractivity contribution in [2.75, 3.05) is 4.90 Å². The summed E-state index contributed by atoms with van der Waals surface area (Å²) in [6.45, 7) is 0. The molecule has 0 aromatic heterocycles. The molecule has 11 aromatic carbocycles. The summed E-state index contributed by atoms with van der Waals surface area (Å²) in [4.78, 5) is 1.86. The maximum atomic E-state index is 9.62. The van der Waals surface area contributed by atoms with Crippen molar-refractivity contribution in [3.8, 4) is 66.8 Å². The van der Waals surface area contributed by atoms with Gasteiger partial charge in [0.25, 0.3) is 0 Å². The van der Waals surface area contributed by atoms with Crippen LogP contribution in [0.15, 0.2) is 261 Å². The summed E-state index contributed by atoms with van der Waals surface area (Å²) in [5, 5.41) is 4.65. The van der Waals surface area contributed by atoms with E-state index >= 15 is 0 Å². The van der Waals surface area contributed by atoms with Gasteiger partial charge in [-0.3, -0.25) is 0 Å². The first-order valence-electron chi connectivity index (χ1n) is 23.3. The smallest absolute Gasteiger partial charge is 0.0645 e. The second-order valence-corrected chi connectivity index (χ2v) is 15.8. The van der Waals surface area contributed by atoms with Crippen LogP contribution in [0.3, 0.4) is 0 Å². The third-order valence-corrected chi connectivity index (χ3v) is 12.0. The number of anilines is 3. The van der Waals surface area contributed by atoms with Crippen molar-refractivity contribution in [1.82, 2.24) is 0 Å². The fraction of sp³-hybridized carbons (Fsp3) is 0. The molecule has 0 amide bonds. The van der Waals surface area contributed by atoms with Gasteiger partial charge in [-0.25, -0.2) is 0 Å². The van der Waals surface area contributed by atoms with Crippen LogP contribution in [-0.2, 0) is 0 Å². The zero-order chi connectivity index (χ0) is 45.4. The highest BCUT2D eigenvalue weighted by Crippen LogP contribution is 2.41. The van der Waals surface area contributed by atoms with Gasteiger partial charge in [0.15, 0.2) is 0 Å². The molecule has 0 atom stereocenters. The van der Waals surface area contributed by atoms with E-state index in [9.17, 15) is 5.48 Å². The molecule has 0 fully saturated rings. The fourth-order valence-electron chi connectivity index (χ4n) is 8.67. The highest BCUT2D eigenvalue weighted by molar-refractivity contribution is 6.04. The molecule has 0 unspecified atom stereocenters. The summed E-state index contributed by atoms with van der Waals surface area (Å²) >= 11 is 0. The van der Waals surface area contributed by atoms with E-state index in [-0.39, 0.29) is 35.4 Å². The van der Waals surface area contributed by atoms with Crippen molar-refractivity contribution < 1.29 is 5.48 Å². The Morgan fingerprint density at radius 3 is 1.27 bits per heavy atom. The third-order valence-electron chi connectivity index (χ3n) is 12.0. The maximum absolute atomic E-state index is 9.62. The van der Waals surface area contributed by atoms with E-state index in [1.165, 1.54) is 10.8 Å². The van der Waals surface area contributed by atoms with Crippen LogP contribution in [0.5, 0.6) is 0 Å². The van der Waals surface area contributed by atoms with Gasteiger partial charge >= 0.3 is 0 Å². The summed E-state index contributed by atoms with van der Waals surface area (Å²) < 4.78 is 38.2. The lowest BCUT2D eigenvalue weighted by atomic mass is 9.90. The molecule has 0 saturated heterocycles. The van der Waals surface area contributed by atoms with Crippen LogP contribution < -0.4 is 4.90 Å². The largest absolute Gasteiger partial charge is 0.311 e. The zero-order valence-electron chi connectivity index (χ0n) is 38.5. The standard InChI is InChI=1S/C62H43N/c1-3-11-44(12-4-1)46-19-21-47(22-20-46)49-29-36-57(37-30-49)63(58-38-31-50(32-39-58)48-23-25-51(26-24-48)56-28-27-45-13-7-8-17-55(45)43-56)59-40-33-53(34-41-59)61-42-35-52-14-9-10-18-60(52)62(61)54-15-5-2-6-16-54/h1-43H/i31D,32D,38D,39D. The number of nitrogens with zero attached hydrogens (tertiary/aromatic N) is 1. The summed E-state index contributed by atoms with van der Waals surface area (Å²) in [5.41, 5.74) is 13.3. The van der Waals surface area contributed by atoms with Crippen LogP contribution in [0, 0.1) is 0 Å². The molecule has 11 aromatic rings. The van der Waals surface area contributed by atoms with Crippen LogP contribution in [-0.4, -0.2) is 0 Å². The summed E-state index contributed by atoms with van der Waals surface area (Å²) in [7, 11) is 0. The number of rotatable bonds is 9. The molecule has 1 heteroatoms. The van der Waals surface area contributed by atoms with Crippen molar-refractivity contribution in [2.24, 2.45) is 0 Å². The summed E-state index contributed by atoms with van der Waals surface area (Å²) in [5.74, 6) is 0. The lowest BCUT2D eigenvalue weighted by Gasteiger charge is -2.26. The number of hydrogen-bond donors (Lipinski definition) is 0. The maximum Gasteiger partial charge on any atom is 0.0645 e. The number of fused-ring (bicyclic) bond motifs is 2. The zero-order valence-corrected chi connectivity index (χ0v) is 34.5. The molecule has 0 aliphatic carbocycles. The minimum atomic E-state index is -0.125. The Hall–Kier alpha value is -8.26. The van der Waals surface area contributed by atoms with E-state index in [0.717, 1.165) is 66.4 Å². The molecule has 0 N–H and O–H groups in total. The van der Waals surface area contributed by atoms with Crippen molar-refractivity contribution in [3.63, 3.8) is 0 Å². The van der Waals surface area contributed by atoms with Crippen molar-refractivity contribution in [2.45, 2.75) is 0 Å². The van der Waals surface area contributed by atoms with Crippen molar-refractivity contribution in [1.29, 1.82) is 0 Å². The average molecular weight is 806 g/mol. The van der Waals surface area contributed by atoms with Gasteiger partial charge in [0.1, 0.15) is 0 Å². The van der Waals surface area contributed by atoms with E-state index < -0.39 is 0 Å². The molecule has 63 heavy (non-hydrogen) atoms. The Labute approximate surface area is 375 Å². The van der Waals surface area contributed by atoms with Crippen molar-refractivity contribution in [3.05, 3.63) is 261 Å². The second kappa shape index (κ2) is 16.7. The Morgan fingerprint density at radius 2 is 0.667 bits per heavy atom. The van der Waals surface area contributed by atoms with E-state index in [0.29, 0.717) is 16.9 Å². The van der Waals surface area contributed by atoms with Gasteiger partial charge in [0, 0.05) is 17.1 Å². The fourth-order valence-corrected chi connectivity index (χ4v) is 8.67. The van der Waals surface area contributed by atoms with Gasteiger partial charge in [-0.15, -0.1) is 0 Å². The number of hydrogen-bond acceptors (Lipinski definition) is 1. The quantitative estimate of drug-likeness (QED) is 0.140. The molecule has 0 bridgehead atoms. The van der Waals surface area contributed by atoms with E-state index in [2.05, 4.69) is 152 Å². The molecular formula is C62H43N. The third kappa shape index (κ3) is 7.58. The molecule has 296 valence electrons. The van der Waals surface area contributed by atoms with Gasteiger partial charge in [-0.2, -0.15) is 0 Å². The topological polar surface area (TPSA) is 3.24 Å². The van der Waals surface area contributed by atoms with Crippen LogP contribution >= 0.6 is 0 Å². The van der Waals surface area contributed by atoms with Crippen molar-refractivity contribution >= 4 is 38.6 Å². The first-order chi connectivity index (χ1) is 32.9.